The lowest BCUT2D eigenvalue weighted by molar-refractivity contribution is -0.0974. The van der Waals surface area contributed by atoms with Crippen LogP contribution in [0.3, 0.4) is 0 Å². The smallest absolute Gasteiger partial charge is 0.0652 e. The molecule has 0 saturated heterocycles. The first-order chi connectivity index (χ1) is 6.62. The maximum absolute atomic E-state index is 5.39. The van der Waals surface area contributed by atoms with Crippen LogP contribution in [0.4, 0.5) is 0 Å². The molecular weight excluding hydrogens is 178 g/mol. The molecule has 1 rings (SSSR count). The van der Waals surface area contributed by atoms with Crippen LogP contribution in [-0.4, -0.2) is 39.5 Å². The first-order valence-corrected chi connectivity index (χ1v) is 5.38. The van der Waals surface area contributed by atoms with Crippen LogP contribution in [0.15, 0.2) is 0 Å². The van der Waals surface area contributed by atoms with Gasteiger partial charge in [0.25, 0.3) is 0 Å². The quantitative estimate of drug-likeness (QED) is 0.659. The minimum atomic E-state index is 0.280. The van der Waals surface area contributed by atoms with Crippen LogP contribution >= 0.6 is 0 Å². The molecule has 0 aromatic carbocycles. The molecule has 0 amide bonds. The summed E-state index contributed by atoms with van der Waals surface area (Å²) < 4.78 is 10.4. The molecule has 1 N–H and O–H groups in total. The van der Waals surface area contributed by atoms with E-state index in [1.807, 2.05) is 0 Å². The average molecular weight is 201 g/mol. The Balaban J connectivity index is 2.15. The topological polar surface area (TPSA) is 30.5 Å². The molecule has 0 aliphatic heterocycles. The Morgan fingerprint density at radius 1 is 1.36 bits per heavy atom. The summed E-state index contributed by atoms with van der Waals surface area (Å²) >= 11 is 0. The van der Waals surface area contributed by atoms with Crippen LogP contribution in [0.1, 0.15) is 26.7 Å². The van der Waals surface area contributed by atoms with Gasteiger partial charge >= 0.3 is 0 Å². The van der Waals surface area contributed by atoms with Gasteiger partial charge in [0.15, 0.2) is 0 Å². The second-order valence-corrected chi connectivity index (χ2v) is 4.63. The number of methoxy groups -OCH3 is 2. The SMILES string of the molecule is COCCCNC1CC(OC)C1(C)C. The molecule has 1 aliphatic carbocycles. The van der Waals surface area contributed by atoms with Crippen molar-refractivity contribution in [1.82, 2.24) is 5.32 Å². The van der Waals surface area contributed by atoms with Crippen molar-refractivity contribution in [3.8, 4) is 0 Å². The summed E-state index contributed by atoms with van der Waals surface area (Å²) in [6, 6.07) is 0.601. The minimum Gasteiger partial charge on any atom is -0.385 e. The number of nitrogens with one attached hydrogen (secondary N) is 1. The van der Waals surface area contributed by atoms with Gasteiger partial charge in [-0.2, -0.15) is 0 Å². The fraction of sp³-hybridized carbons (Fsp3) is 1.00. The Morgan fingerprint density at radius 2 is 2.07 bits per heavy atom. The van der Waals surface area contributed by atoms with Gasteiger partial charge in [0, 0.05) is 32.3 Å². The number of hydrogen-bond donors (Lipinski definition) is 1. The van der Waals surface area contributed by atoms with Crippen molar-refractivity contribution in [2.24, 2.45) is 5.41 Å². The van der Waals surface area contributed by atoms with E-state index >= 15 is 0 Å². The van der Waals surface area contributed by atoms with Crippen molar-refractivity contribution in [1.29, 1.82) is 0 Å². The van der Waals surface area contributed by atoms with Crippen LogP contribution in [0.25, 0.3) is 0 Å². The summed E-state index contributed by atoms with van der Waals surface area (Å²) in [6.07, 6.45) is 2.64. The van der Waals surface area contributed by atoms with Gasteiger partial charge in [-0.1, -0.05) is 13.8 Å². The zero-order chi connectivity index (χ0) is 10.6. The van der Waals surface area contributed by atoms with E-state index < -0.39 is 0 Å². The minimum absolute atomic E-state index is 0.280. The first kappa shape index (κ1) is 12.0. The Hall–Kier alpha value is -0.120. The average Bonchev–Trinajstić information content (AvgIpc) is 2.15. The molecule has 84 valence electrons. The Morgan fingerprint density at radius 3 is 2.57 bits per heavy atom. The van der Waals surface area contributed by atoms with Gasteiger partial charge in [0.2, 0.25) is 0 Å². The lowest BCUT2D eigenvalue weighted by atomic mass is 9.64. The number of ether oxygens (including phenoxy) is 2. The molecule has 0 aromatic rings. The van der Waals surface area contributed by atoms with Crippen molar-refractivity contribution < 1.29 is 9.47 Å². The molecule has 2 atom stereocenters. The Kier molecular flexibility index (Phi) is 4.35. The maximum atomic E-state index is 5.39. The Labute approximate surface area is 87.2 Å². The van der Waals surface area contributed by atoms with Gasteiger partial charge in [-0.25, -0.2) is 0 Å². The highest BCUT2D eigenvalue weighted by Gasteiger charge is 2.47. The van der Waals surface area contributed by atoms with E-state index in [1.165, 1.54) is 0 Å². The molecule has 1 fully saturated rings. The standard InChI is InChI=1S/C11H23NO2/c1-11(2)9(8-10(11)14-4)12-6-5-7-13-3/h9-10,12H,5-8H2,1-4H3. The lowest BCUT2D eigenvalue weighted by Gasteiger charge is -2.51. The van der Waals surface area contributed by atoms with Gasteiger partial charge in [-0.05, 0) is 19.4 Å². The van der Waals surface area contributed by atoms with Gasteiger partial charge < -0.3 is 14.8 Å². The molecule has 2 unspecified atom stereocenters. The van der Waals surface area contributed by atoms with Gasteiger partial charge in [0.1, 0.15) is 0 Å². The fourth-order valence-electron chi connectivity index (χ4n) is 2.12. The Bertz CT molecular complexity index is 171. The van der Waals surface area contributed by atoms with Crippen molar-refractivity contribution in [2.75, 3.05) is 27.4 Å². The number of rotatable bonds is 6. The lowest BCUT2D eigenvalue weighted by Crippen LogP contribution is -2.60. The molecule has 0 heterocycles. The van der Waals surface area contributed by atoms with Crippen LogP contribution in [0, 0.1) is 5.41 Å². The predicted molar refractivity (Wildman–Crippen MR) is 57.5 cm³/mol. The van der Waals surface area contributed by atoms with Crippen LogP contribution in [-0.2, 0) is 9.47 Å². The largest absolute Gasteiger partial charge is 0.385 e. The summed E-state index contributed by atoms with van der Waals surface area (Å²) in [4.78, 5) is 0. The third-order valence-corrected chi connectivity index (χ3v) is 3.38. The van der Waals surface area contributed by atoms with Gasteiger partial charge in [-0.3, -0.25) is 0 Å². The summed E-state index contributed by atoms with van der Waals surface area (Å²) in [5.41, 5.74) is 0.280. The van der Waals surface area contributed by atoms with Gasteiger partial charge in [-0.15, -0.1) is 0 Å². The second-order valence-electron chi connectivity index (χ2n) is 4.63. The van der Waals surface area contributed by atoms with Crippen molar-refractivity contribution in [3.05, 3.63) is 0 Å². The highest BCUT2D eigenvalue weighted by molar-refractivity contribution is 5.02. The summed E-state index contributed by atoms with van der Waals surface area (Å²) in [5.74, 6) is 0. The van der Waals surface area contributed by atoms with E-state index in [-0.39, 0.29) is 5.41 Å². The highest BCUT2D eigenvalue weighted by Crippen LogP contribution is 2.42. The van der Waals surface area contributed by atoms with Crippen LogP contribution in [0.2, 0.25) is 0 Å². The van der Waals surface area contributed by atoms with Crippen molar-refractivity contribution >= 4 is 0 Å². The third-order valence-electron chi connectivity index (χ3n) is 3.38. The molecule has 0 aromatic heterocycles. The second kappa shape index (κ2) is 5.10. The normalized spacial score (nSPS) is 30.0. The monoisotopic (exact) mass is 201 g/mol. The van der Waals surface area contributed by atoms with E-state index in [0.29, 0.717) is 12.1 Å². The summed E-state index contributed by atoms with van der Waals surface area (Å²) in [6.45, 7) is 6.41. The molecule has 0 spiro atoms. The fourth-order valence-corrected chi connectivity index (χ4v) is 2.12. The summed E-state index contributed by atoms with van der Waals surface area (Å²) in [7, 11) is 3.54. The first-order valence-electron chi connectivity index (χ1n) is 5.38. The van der Waals surface area contributed by atoms with E-state index in [2.05, 4.69) is 19.2 Å². The zero-order valence-electron chi connectivity index (χ0n) is 9.80. The molecule has 14 heavy (non-hydrogen) atoms. The van der Waals surface area contributed by atoms with Crippen molar-refractivity contribution in [3.63, 3.8) is 0 Å². The van der Waals surface area contributed by atoms with E-state index in [1.54, 1.807) is 14.2 Å². The van der Waals surface area contributed by atoms with E-state index in [9.17, 15) is 0 Å². The molecule has 0 bridgehead atoms. The molecule has 0 radical (unpaired) electrons. The van der Waals surface area contributed by atoms with Crippen molar-refractivity contribution in [2.45, 2.75) is 38.8 Å². The van der Waals surface area contributed by atoms with Gasteiger partial charge in [0.05, 0.1) is 6.10 Å². The predicted octanol–water partition coefficient (Wildman–Crippen LogP) is 1.43. The van der Waals surface area contributed by atoms with E-state index in [4.69, 9.17) is 9.47 Å². The van der Waals surface area contributed by atoms with Crippen LogP contribution < -0.4 is 5.32 Å². The highest BCUT2D eigenvalue weighted by atomic mass is 16.5. The molecule has 3 nitrogen and oxygen atoms in total. The third kappa shape index (κ3) is 2.47. The molecule has 1 saturated carbocycles. The maximum Gasteiger partial charge on any atom is 0.0652 e. The zero-order valence-corrected chi connectivity index (χ0v) is 9.80. The summed E-state index contributed by atoms with van der Waals surface area (Å²) in [5, 5.41) is 3.55. The molecule has 1 aliphatic rings. The number of hydrogen-bond acceptors (Lipinski definition) is 3. The van der Waals surface area contributed by atoms with Crippen LogP contribution in [0.5, 0.6) is 0 Å². The van der Waals surface area contributed by atoms with E-state index in [0.717, 1.165) is 26.0 Å². The molecular formula is C11H23NO2. The molecule has 3 heteroatoms.